The lowest BCUT2D eigenvalue weighted by Crippen LogP contribution is -2.48. The molecule has 1 amide bonds. The van der Waals surface area contributed by atoms with Gasteiger partial charge in [0.25, 0.3) is 0 Å². The molecule has 1 heterocycles. The fourth-order valence-corrected chi connectivity index (χ4v) is 2.34. The van der Waals surface area contributed by atoms with Crippen LogP contribution in [0.15, 0.2) is 18.2 Å². The Balaban J connectivity index is 2.10. The second kappa shape index (κ2) is 5.61. The number of nitrogen functional groups attached to an aromatic ring is 1. The van der Waals surface area contributed by atoms with Crippen LogP contribution in [0.2, 0.25) is 0 Å². The lowest BCUT2D eigenvalue weighted by atomic mass is 10.1. The van der Waals surface area contributed by atoms with Gasteiger partial charge in [0.05, 0.1) is 11.3 Å². The average Bonchev–Trinajstić information content (AvgIpc) is 2.46. The van der Waals surface area contributed by atoms with Crippen LogP contribution in [-0.4, -0.2) is 37.0 Å². The first-order valence-electron chi connectivity index (χ1n) is 6.48. The Morgan fingerprint density at radius 2 is 2.05 bits per heavy atom. The molecule has 1 aliphatic rings. The maximum Gasteiger partial charge on any atom is 0.222 e. The third-order valence-corrected chi connectivity index (χ3v) is 3.42. The molecule has 0 unspecified atom stereocenters. The number of hydrogen-bond donors (Lipinski definition) is 1. The molecule has 0 saturated carbocycles. The molecule has 1 aliphatic heterocycles. The number of rotatable bonds is 2. The molecule has 1 aromatic rings. The Hall–Kier alpha value is -2.22. The Labute approximate surface area is 113 Å². The van der Waals surface area contributed by atoms with Crippen molar-refractivity contribution < 1.29 is 4.79 Å². The Morgan fingerprint density at radius 1 is 1.37 bits per heavy atom. The van der Waals surface area contributed by atoms with Gasteiger partial charge in [-0.2, -0.15) is 5.26 Å². The van der Waals surface area contributed by atoms with E-state index in [-0.39, 0.29) is 5.91 Å². The number of nitrogens with two attached hydrogens (primary N) is 1. The minimum absolute atomic E-state index is 0.192. The average molecular weight is 258 g/mol. The number of hydrogen-bond acceptors (Lipinski definition) is 4. The van der Waals surface area contributed by atoms with Crippen molar-refractivity contribution in [2.45, 2.75) is 13.3 Å². The highest BCUT2D eigenvalue weighted by Gasteiger charge is 2.21. The van der Waals surface area contributed by atoms with Crippen LogP contribution >= 0.6 is 0 Å². The summed E-state index contributed by atoms with van der Waals surface area (Å²) in [6, 6.07) is 7.56. The maximum atomic E-state index is 11.6. The van der Waals surface area contributed by atoms with E-state index in [2.05, 4.69) is 11.0 Å². The summed E-state index contributed by atoms with van der Waals surface area (Å²) in [5, 5.41) is 9.16. The van der Waals surface area contributed by atoms with Gasteiger partial charge in [-0.05, 0) is 18.2 Å². The molecule has 2 N–H and O–H groups in total. The van der Waals surface area contributed by atoms with Crippen LogP contribution < -0.4 is 10.6 Å². The molecule has 0 aliphatic carbocycles. The molecule has 1 aromatic carbocycles. The fourth-order valence-electron chi connectivity index (χ4n) is 2.34. The quantitative estimate of drug-likeness (QED) is 0.809. The van der Waals surface area contributed by atoms with Gasteiger partial charge < -0.3 is 15.5 Å². The molecule has 0 radical (unpaired) electrons. The van der Waals surface area contributed by atoms with E-state index in [9.17, 15) is 4.79 Å². The van der Waals surface area contributed by atoms with Crippen LogP contribution in [0.5, 0.6) is 0 Å². The zero-order valence-electron chi connectivity index (χ0n) is 11.1. The van der Waals surface area contributed by atoms with Crippen LogP contribution in [0, 0.1) is 11.3 Å². The Kier molecular flexibility index (Phi) is 3.91. The van der Waals surface area contributed by atoms with Gasteiger partial charge in [-0.1, -0.05) is 6.92 Å². The standard InChI is InChI=1S/C14H18N4O/c1-2-14(19)18-7-5-17(6-8-18)13-4-3-12(16)9-11(13)10-15/h3-4,9H,2,5-8,16H2,1H3. The van der Waals surface area contributed by atoms with Gasteiger partial charge in [0, 0.05) is 38.3 Å². The number of carbonyl (C=O) groups excluding carboxylic acids is 1. The first kappa shape index (κ1) is 13.2. The van der Waals surface area contributed by atoms with E-state index < -0.39 is 0 Å². The van der Waals surface area contributed by atoms with Crippen LogP contribution in [0.4, 0.5) is 11.4 Å². The molecule has 1 saturated heterocycles. The first-order valence-corrected chi connectivity index (χ1v) is 6.48. The van der Waals surface area contributed by atoms with Crippen LogP contribution in [0.3, 0.4) is 0 Å². The topological polar surface area (TPSA) is 73.4 Å². The number of anilines is 2. The van der Waals surface area contributed by atoms with Gasteiger partial charge in [0.15, 0.2) is 0 Å². The summed E-state index contributed by atoms with van der Waals surface area (Å²) in [6.07, 6.45) is 0.547. The number of nitriles is 1. The molecule has 19 heavy (non-hydrogen) atoms. The molecule has 0 spiro atoms. The van der Waals surface area contributed by atoms with Gasteiger partial charge in [0.2, 0.25) is 5.91 Å². The molecule has 5 nitrogen and oxygen atoms in total. The van der Waals surface area contributed by atoms with Crippen molar-refractivity contribution in [2.24, 2.45) is 0 Å². The van der Waals surface area contributed by atoms with Crippen LogP contribution in [0.25, 0.3) is 0 Å². The van der Waals surface area contributed by atoms with E-state index in [1.54, 1.807) is 12.1 Å². The summed E-state index contributed by atoms with van der Waals surface area (Å²) in [7, 11) is 0. The van der Waals surface area contributed by atoms with Crippen molar-refractivity contribution in [3.05, 3.63) is 23.8 Å². The molecule has 5 heteroatoms. The summed E-state index contributed by atoms with van der Waals surface area (Å²) in [5.74, 6) is 0.192. The van der Waals surface area contributed by atoms with E-state index >= 15 is 0 Å². The number of amides is 1. The van der Waals surface area contributed by atoms with Crippen molar-refractivity contribution in [1.29, 1.82) is 5.26 Å². The monoisotopic (exact) mass is 258 g/mol. The molecule has 0 aromatic heterocycles. The molecule has 1 fully saturated rings. The molecular weight excluding hydrogens is 240 g/mol. The van der Waals surface area contributed by atoms with Gasteiger partial charge >= 0.3 is 0 Å². The van der Waals surface area contributed by atoms with Crippen LogP contribution in [0.1, 0.15) is 18.9 Å². The number of nitrogens with zero attached hydrogens (tertiary/aromatic N) is 3. The van der Waals surface area contributed by atoms with Gasteiger partial charge in [0.1, 0.15) is 6.07 Å². The van der Waals surface area contributed by atoms with E-state index in [4.69, 9.17) is 11.0 Å². The second-order valence-electron chi connectivity index (χ2n) is 4.61. The fraction of sp³-hybridized carbons (Fsp3) is 0.429. The SMILES string of the molecule is CCC(=O)N1CCN(c2ccc(N)cc2C#N)CC1. The smallest absolute Gasteiger partial charge is 0.222 e. The summed E-state index contributed by atoms with van der Waals surface area (Å²) >= 11 is 0. The van der Waals surface area contributed by atoms with Gasteiger partial charge in [-0.15, -0.1) is 0 Å². The van der Waals surface area contributed by atoms with E-state index in [1.807, 2.05) is 17.9 Å². The maximum absolute atomic E-state index is 11.6. The lowest BCUT2D eigenvalue weighted by Gasteiger charge is -2.36. The van der Waals surface area contributed by atoms with Crippen LogP contribution in [-0.2, 0) is 4.79 Å². The van der Waals surface area contributed by atoms with Crippen molar-refractivity contribution in [2.75, 3.05) is 36.8 Å². The summed E-state index contributed by atoms with van der Waals surface area (Å²) in [5.41, 5.74) is 7.78. The van der Waals surface area contributed by atoms with Crippen molar-refractivity contribution >= 4 is 17.3 Å². The minimum Gasteiger partial charge on any atom is -0.399 e. The summed E-state index contributed by atoms with van der Waals surface area (Å²) in [6.45, 7) is 4.81. The second-order valence-corrected chi connectivity index (χ2v) is 4.61. The molecule has 0 atom stereocenters. The van der Waals surface area contributed by atoms with E-state index in [1.165, 1.54) is 0 Å². The zero-order valence-corrected chi connectivity index (χ0v) is 11.1. The van der Waals surface area contributed by atoms with E-state index in [0.717, 1.165) is 18.8 Å². The number of piperazine rings is 1. The molecule has 100 valence electrons. The molecule has 0 bridgehead atoms. The number of carbonyl (C=O) groups is 1. The van der Waals surface area contributed by atoms with E-state index in [0.29, 0.717) is 30.8 Å². The van der Waals surface area contributed by atoms with Crippen molar-refractivity contribution in [3.8, 4) is 6.07 Å². The minimum atomic E-state index is 0.192. The molecular formula is C14H18N4O. The Morgan fingerprint density at radius 3 is 2.63 bits per heavy atom. The lowest BCUT2D eigenvalue weighted by molar-refractivity contribution is -0.131. The van der Waals surface area contributed by atoms with Gasteiger partial charge in [-0.25, -0.2) is 0 Å². The largest absolute Gasteiger partial charge is 0.399 e. The van der Waals surface area contributed by atoms with Crippen molar-refractivity contribution in [1.82, 2.24) is 4.90 Å². The third kappa shape index (κ3) is 2.79. The normalized spacial score (nSPS) is 15.2. The number of benzene rings is 1. The van der Waals surface area contributed by atoms with Gasteiger partial charge in [-0.3, -0.25) is 4.79 Å². The highest BCUT2D eigenvalue weighted by molar-refractivity contribution is 5.76. The predicted molar refractivity (Wildman–Crippen MR) is 74.7 cm³/mol. The summed E-state index contributed by atoms with van der Waals surface area (Å²) in [4.78, 5) is 15.6. The molecule has 2 rings (SSSR count). The highest BCUT2D eigenvalue weighted by atomic mass is 16.2. The Bertz CT molecular complexity index is 513. The zero-order chi connectivity index (χ0) is 13.8. The predicted octanol–water partition coefficient (Wildman–Crippen LogP) is 1.20. The highest BCUT2D eigenvalue weighted by Crippen LogP contribution is 2.23. The first-order chi connectivity index (χ1) is 9.15. The third-order valence-electron chi connectivity index (χ3n) is 3.42. The van der Waals surface area contributed by atoms with Crippen molar-refractivity contribution in [3.63, 3.8) is 0 Å². The summed E-state index contributed by atoms with van der Waals surface area (Å²) < 4.78 is 0.